The Balaban J connectivity index is 0.000000200. The first kappa shape index (κ1) is 16.3. The van der Waals surface area contributed by atoms with Crippen molar-refractivity contribution < 1.29 is 14.3 Å². The number of rotatable bonds is 0. The summed E-state index contributed by atoms with van der Waals surface area (Å²) in [5, 5.41) is 2.90. The average Bonchev–Trinajstić information content (AvgIpc) is 2.85. The van der Waals surface area contributed by atoms with E-state index in [2.05, 4.69) is 53.4 Å². The van der Waals surface area contributed by atoms with Crippen LogP contribution in [0.2, 0.25) is 0 Å². The highest BCUT2D eigenvalue weighted by Crippen LogP contribution is 2.31. The van der Waals surface area contributed by atoms with Crippen molar-refractivity contribution in [3.8, 4) is 0 Å². The maximum absolute atomic E-state index is 10.6. The fraction of sp³-hybridized carbons (Fsp3) is 0.562. The molecule has 2 rings (SSSR count). The van der Waals surface area contributed by atoms with Crippen molar-refractivity contribution in [2.24, 2.45) is 10.8 Å². The van der Waals surface area contributed by atoms with E-state index in [9.17, 15) is 4.79 Å². The van der Waals surface area contributed by atoms with Crippen molar-refractivity contribution in [3.05, 3.63) is 36.3 Å². The van der Waals surface area contributed by atoms with Gasteiger partial charge in [0, 0.05) is 11.6 Å². The first-order valence-electron chi connectivity index (χ1n) is 6.73. The summed E-state index contributed by atoms with van der Waals surface area (Å²) in [6, 6.07) is 0. The van der Waals surface area contributed by atoms with Crippen molar-refractivity contribution in [2.45, 2.75) is 48.0 Å². The lowest BCUT2D eigenvalue weighted by Crippen LogP contribution is -2.08. The van der Waals surface area contributed by atoms with Crippen LogP contribution in [0.3, 0.4) is 0 Å². The zero-order chi connectivity index (χ0) is 15.6. The molecule has 0 spiro atoms. The maximum atomic E-state index is 10.6. The van der Waals surface area contributed by atoms with Crippen LogP contribution in [0.5, 0.6) is 0 Å². The van der Waals surface area contributed by atoms with Crippen LogP contribution in [0.15, 0.2) is 36.3 Å². The monoisotopic (exact) mass is 279 g/mol. The third-order valence-electron chi connectivity index (χ3n) is 2.97. The SMILES string of the molecule is C=C1NC=C(C(C)(C)C)O1.CC(C)(C)C1=COC(=O)C1. The highest BCUT2D eigenvalue weighted by atomic mass is 16.5. The Kier molecular flexibility index (Phi) is 4.69. The second kappa shape index (κ2) is 5.73. The van der Waals surface area contributed by atoms with Crippen molar-refractivity contribution in [1.82, 2.24) is 5.32 Å². The zero-order valence-corrected chi connectivity index (χ0v) is 13.3. The number of allylic oxidation sites excluding steroid dienone is 1. The fourth-order valence-corrected chi connectivity index (χ4v) is 1.52. The van der Waals surface area contributed by atoms with E-state index in [1.54, 1.807) is 6.26 Å². The predicted molar refractivity (Wildman–Crippen MR) is 79.1 cm³/mol. The van der Waals surface area contributed by atoms with Crippen molar-refractivity contribution in [2.75, 3.05) is 0 Å². The van der Waals surface area contributed by atoms with E-state index < -0.39 is 0 Å². The van der Waals surface area contributed by atoms with E-state index in [-0.39, 0.29) is 16.8 Å². The van der Waals surface area contributed by atoms with Gasteiger partial charge in [-0.3, -0.25) is 4.79 Å². The summed E-state index contributed by atoms with van der Waals surface area (Å²) in [5.41, 5.74) is 1.23. The third kappa shape index (κ3) is 4.76. The minimum atomic E-state index is -0.134. The molecule has 1 N–H and O–H groups in total. The molecule has 0 aromatic heterocycles. The molecule has 112 valence electrons. The summed E-state index contributed by atoms with van der Waals surface area (Å²) in [5.74, 6) is 1.42. The van der Waals surface area contributed by atoms with Crippen molar-refractivity contribution in [3.63, 3.8) is 0 Å². The van der Waals surface area contributed by atoms with Crippen LogP contribution in [-0.2, 0) is 14.3 Å². The van der Waals surface area contributed by atoms with Crippen molar-refractivity contribution in [1.29, 1.82) is 0 Å². The number of esters is 1. The summed E-state index contributed by atoms with van der Waals surface area (Å²) in [7, 11) is 0. The summed E-state index contributed by atoms with van der Waals surface area (Å²) in [4.78, 5) is 10.6. The fourth-order valence-electron chi connectivity index (χ4n) is 1.52. The van der Waals surface area contributed by atoms with Gasteiger partial charge in [0.2, 0.25) is 0 Å². The van der Waals surface area contributed by atoms with E-state index in [0.29, 0.717) is 12.3 Å². The first-order valence-corrected chi connectivity index (χ1v) is 6.73. The molecule has 4 heteroatoms. The highest BCUT2D eigenvalue weighted by molar-refractivity contribution is 5.76. The first-order chi connectivity index (χ1) is 9.00. The van der Waals surface area contributed by atoms with E-state index in [4.69, 9.17) is 9.47 Å². The molecule has 0 atom stereocenters. The van der Waals surface area contributed by atoms with Crippen LogP contribution in [0.1, 0.15) is 48.0 Å². The Bertz CT molecular complexity index is 415. The second-order valence-electron chi connectivity index (χ2n) is 6.99. The van der Waals surface area contributed by atoms with Crippen LogP contribution >= 0.6 is 0 Å². The Morgan fingerprint density at radius 2 is 1.75 bits per heavy atom. The van der Waals surface area contributed by atoms with Gasteiger partial charge >= 0.3 is 5.97 Å². The lowest BCUT2D eigenvalue weighted by atomic mass is 9.86. The number of cyclic esters (lactones) is 1. The molecule has 0 amide bonds. The second-order valence-corrected chi connectivity index (χ2v) is 6.99. The number of nitrogens with one attached hydrogen (secondary N) is 1. The Labute approximate surface area is 121 Å². The minimum absolute atomic E-state index is 0.0756. The molecule has 0 radical (unpaired) electrons. The molecule has 2 aliphatic rings. The smallest absolute Gasteiger partial charge is 0.314 e. The summed E-state index contributed by atoms with van der Waals surface area (Å²) in [6.07, 6.45) is 3.88. The molecule has 0 aromatic rings. The molecular formula is C16H25NO3. The normalized spacial score (nSPS) is 18.3. The van der Waals surface area contributed by atoms with Gasteiger partial charge in [-0.15, -0.1) is 0 Å². The van der Waals surface area contributed by atoms with Gasteiger partial charge in [-0.1, -0.05) is 41.5 Å². The van der Waals surface area contributed by atoms with Crippen LogP contribution in [0.4, 0.5) is 0 Å². The zero-order valence-electron chi connectivity index (χ0n) is 13.3. The van der Waals surface area contributed by atoms with Crippen LogP contribution in [0, 0.1) is 10.8 Å². The molecule has 20 heavy (non-hydrogen) atoms. The molecule has 0 unspecified atom stereocenters. The number of carbonyl (C=O) groups is 1. The van der Waals surface area contributed by atoms with Gasteiger partial charge in [-0.05, 0) is 17.6 Å². The quantitative estimate of drug-likeness (QED) is 0.685. The lowest BCUT2D eigenvalue weighted by molar-refractivity contribution is -0.135. The van der Waals surface area contributed by atoms with Gasteiger partial charge < -0.3 is 14.8 Å². The molecule has 0 saturated heterocycles. The Morgan fingerprint density at radius 1 is 1.15 bits per heavy atom. The largest absolute Gasteiger partial charge is 0.444 e. The lowest BCUT2D eigenvalue weighted by Gasteiger charge is -2.17. The molecule has 0 aliphatic carbocycles. The molecule has 2 heterocycles. The van der Waals surface area contributed by atoms with E-state index >= 15 is 0 Å². The summed E-state index contributed by atoms with van der Waals surface area (Å²) in [6.45, 7) is 16.1. The van der Waals surface area contributed by atoms with Gasteiger partial charge in [-0.2, -0.15) is 0 Å². The maximum Gasteiger partial charge on any atom is 0.314 e. The van der Waals surface area contributed by atoms with Gasteiger partial charge in [0.05, 0.1) is 12.7 Å². The van der Waals surface area contributed by atoms with E-state index in [1.807, 2.05) is 6.20 Å². The van der Waals surface area contributed by atoms with Gasteiger partial charge in [0.15, 0.2) is 5.88 Å². The standard InChI is InChI=1S/C8H13NO.C8H12O2/c1-6-9-5-7(10-6)8(2,3)4;1-8(2,3)6-4-7(9)10-5-6/h5,9H,1H2,2-4H3;5H,4H2,1-3H3. The predicted octanol–water partition coefficient (Wildman–Crippen LogP) is 3.83. The van der Waals surface area contributed by atoms with Gasteiger partial charge in [0.25, 0.3) is 0 Å². The minimum Gasteiger partial charge on any atom is -0.444 e. The molecule has 0 saturated carbocycles. The third-order valence-corrected chi connectivity index (χ3v) is 2.97. The Morgan fingerprint density at radius 3 is 1.95 bits per heavy atom. The summed E-state index contributed by atoms with van der Waals surface area (Å²) >= 11 is 0. The van der Waals surface area contributed by atoms with E-state index in [1.165, 1.54) is 0 Å². The summed E-state index contributed by atoms with van der Waals surface area (Å²) < 4.78 is 9.97. The molecule has 0 aromatic carbocycles. The molecule has 2 aliphatic heterocycles. The molecule has 4 nitrogen and oxygen atoms in total. The number of hydrogen-bond donors (Lipinski definition) is 1. The molecule has 0 bridgehead atoms. The van der Waals surface area contributed by atoms with Crippen LogP contribution < -0.4 is 5.32 Å². The number of hydrogen-bond acceptors (Lipinski definition) is 4. The van der Waals surface area contributed by atoms with E-state index in [0.717, 1.165) is 11.3 Å². The van der Waals surface area contributed by atoms with Crippen LogP contribution in [-0.4, -0.2) is 5.97 Å². The molecular weight excluding hydrogens is 254 g/mol. The Hall–Kier alpha value is -1.71. The topological polar surface area (TPSA) is 47.6 Å². The number of carbonyl (C=O) groups excluding carboxylic acids is 1. The van der Waals surface area contributed by atoms with Gasteiger partial charge in [-0.25, -0.2) is 0 Å². The molecule has 0 fully saturated rings. The van der Waals surface area contributed by atoms with Crippen molar-refractivity contribution >= 4 is 5.97 Å². The number of ether oxygens (including phenoxy) is 2. The van der Waals surface area contributed by atoms with Gasteiger partial charge in [0.1, 0.15) is 5.76 Å². The van der Waals surface area contributed by atoms with Crippen LogP contribution in [0.25, 0.3) is 0 Å². The highest BCUT2D eigenvalue weighted by Gasteiger charge is 2.25. The average molecular weight is 279 g/mol.